The maximum atomic E-state index is 11.8. The molecule has 1 aromatic carbocycles. The molecule has 0 bridgehead atoms. The van der Waals surface area contributed by atoms with E-state index in [9.17, 15) is 4.79 Å². The molecule has 21 heavy (non-hydrogen) atoms. The third-order valence-electron chi connectivity index (χ3n) is 2.84. The fraction of sp³-hybridized carbons (Fsp3) is 0.308. The van der Waals surface area contributed by atoms with E-state index in [0.717, 1.165) is 5.56 Å². The molecule has 1 aromatic heterocycles. The van der Waals surface area contributed by atoms with Gasteiger partial charge < -0.3 is 15.6 Å². The maximum absolute atomic E-state index is 11.8. The standard InChI is InChI=1S/C13H16ClN5OS/c1-19-11(6-15)17-18-13(19)21-8-12(20)16-7-9-2-4-10(14)5-3-9/h2-5H,6-8,15H2,1H3,(H,16,20). The lowest BCUT2D eigenvalue weighted by atomic mass is 10.2. The Hall–Kier alpha value is -1.57. The highest BCUT2D eigenvalue weighted by molar-refractivity contribution is 7.99. The first kappa shape index (κ1) is 15.8. The Morgan fingerprint density at radius 1 is 1.38 bits per heavy atom. The molecule has 2 rings (SSSR count). The van der Waals surface area contributed by atoms with Crippen LogP contribution in [0.15, 0.2) is 29.4 Å². The highest BCUT2D eigenvalue weighted by Crippen LogP contribution is 2.15. The third-order valence-corrected chi connectivity index (χ3v) is 4.12. The Balaban J connectivity index is 1.79. The molecular weight excluding hydrogens is 310 g/mol. The van der Waals surface area contributed by atoms with Crippen molar-refractivity contribution in [1.82, 2.24) is 20.1 Å². The van der Waals surface area contributed by atoms with Gasteiger partial charge in [0.2, 0.25) is 5.91 Å². The number of halogens is 1. The van der Waals surface area contributed by atoms with Crippen molar-refractivity contribution in [1.29, 1.82) is 0 Å². The lowest BCUT2D eigenvalue weighted by Gasteiger charge is -2.05. The summed E-state index contributed by atoms with van der Waals surface area (Å²) in [5.74, 6) is 0.913. The molecule has 0 aliphatic carbocycles. The minimum atomic E-state index is -0.0627. The number of carbonyl (C=O) groups excluding carboxylic acids is 1. The summed E-state index contributed by atoms with van der Waals surface area (Å²) in [5.41, 5.74) is 6.52. The van der Waals surface area contributed by atoms with Crippen molar-refractivity contribution < 1.29 is 4.79 Å². The van der Waals surface area contributed by atoms with Crippen LogP contribution in [-0.2, 0) is 24.9 Å². The van der Waals surface area contributed by atoms with Crippen LogP contribution in [0.3, 0.4) is 0 Å². The van der Waals surface area contributed by atoms with Crippen LogP contribution < -0.4 is 11.1 Å². The normalized spacial score (nSPS) is 10.6. The quantitative estimate of drug-likeness (QED) is 0.783. The number of nitrogens with two attached hydrogens (primary N) is 1. The second kappa shape index (κ2) is 7.44. The van der Waals surface area contributed by atoms with Gasteiger partial charge in [-0.05, 0) is 17.7 Å². The first-order chi connectivity index (χ1) is 10.1. The summed E-state index contributed by atoms with van der Waals surface area (Å²) >= 11 is 7.14. The van der Waals surface area contributed by atoms with Crippen LogP contribution in [0.1, 0.15) is 11.4 Å². The van der Waals surface area contributed by atoms with Gasteiger partial charge in [-0.2, -0.15) is 0 Å². The Morgan fingerprint density at radius 3 is 2.71 bits per heavy atom. The number of amides is 1. The van der Waals surface area contributed by atoms with Gasteiger partial charge in [0.1, 0.15) is 5.82 Å². The molecule has 0 aliphatic rings. The molecule has 0 radical (unpaired) electrons. The molecule has 0 aliphatic heterocycles. The molecule has 8 heteroatoms. The Kier molecular flexibility index (Phi) is 5.60. The van der Waals surface area contributed by atoms with E-state index < -0.39 is 0 Å². The Bertz CT molecular complexity index is 614. The van der Waals surface area contributed by atoms with Crippen LogP contribution in [0.25, 0.3) is 0 Å². The second-order valence-electron chi connectivity index (χ2n) is 4.35. The minimum Gasteiger partial charge on any atom is -0.351 e. The zero-order chi connectivity index (χ0) is 15.2. The van der Waals surface area contributed by atoms with E-state index in [4.69, 9.17) is 17.3 Å². The number of aromatic nitrogens is 3. The number of carbonyl (C=O) groups is 1. The lowest BCUT2D eigenvalue weighted by molar-refractivity contribution is -0.118. The summed E-state index contributed by atoms with van der Waals surface area (Å²) in [7, 11) is 1.83. The SMILES string of the molecule is Cn1c(CN)nnc1SCC(=O)NCc1ccc(Cl)cc1. The van der Waals surface area contributed by atoms with Crippen molar-refractivity contribution in [2.45, 2.75) is 18.2 Å². The summed E-state index contributed by atoms with van der Waals surface area (Å²) in [4.78, 5) is 11.8. The second-order valence-corrected chi connectivity index (χ2v) is 5.73. The van der Waals surface area contributed by atoms with Gasteiger partial charge in [-0.3, -0.25) is 4.79 Å². The van der Waals surface area contributed by atoms with E-state index in [1.807, 2.05) is 19.2 Å². The number of hydrogen-bond donors (Lipinski definition) is 2. The Morgan fingerprint density at radius 2 is 2.10 bits per heavy atom. The zero-order valence-electron chi connectivity index (χ0n) is 11.5. The molecule has 0 unspecified atom stereocenters. The van der Waals surface area contributed by atoms with Gasteiger partial charge in [0, 0.05) is 18.6 Å². The van der Waals surface area contributed by atoms with Gasteiger partial charge in [0.15, 0.2) is 5.16 Å². The van der Waals surface area contributed by atoms with Crippen molar-refractivity contribution >= 4 is 29.3 Å². The number of thioether (sulfide) groups is 1. The summed E-state index contributed by atoms with van der Waals surface area (Å²) in [6.45, 7) is 0.802. The fourth-order valence-corrected chi connectivity index (χ4v) is 2.52. The van der Waals surface area contributed by atoms with Crippen LogP contribution in [0, 0.1) is 0 Å². The van der Waals surface area contributed by atoms with E-state index >= 15 is 0 Å². The van der Waals surface area contributed by atoms with Crippen molar-refractivity contribution in [2.75, 3.05) is 5.75 Å². The van der Waals surface area contributed by atoms with E-state index in [1.165, 1.54) is 11.8 Å². The molecule has 6 nitrogen and oxygen atoms in total. The highest BCUT2D eigenvalue weighted by Gasteiger charge is 2.10. The fourth-order valence-electron chi connectivity index (χ4n) is 1.63. The largest absolute Gasteiger partial charge is 0.351 e. The van der Waals surface area contributed by atoms with Crippen LogP contribution >= 0.6 is 23.4 Å². The summed E-state index contributed by atoms with van der Waals surface area (Å²) in [6.07, 6.45) is 0. The number of hydrogen-bond acceptors (Lipinski definition) is 5. The van der Waals surface area contributed by atoms with E-state index in [0.29, 0.717) is 29.1 Å². The molecule has 0 fully saturated rings. The minimum absolute atomic E-state index is 0.0627. The smallest absolute Gasteiger partial charge is 0.230 e. The van der Waals surface area contributed by atoms with Gasteiger partial charge in [-0.1, -0.05) is 35.5 Å². The molecule has 0 spiro atoms. The van der Waals surface area contributed by atoms with Gasteiger partial charge in [0.25, 0.3) is 0 Å². The number of nitrogens with zero attached hydrogens (tertiary/aromatic N) is 3. The molecular formula is C13H16ClN5OS. The number of nitrogens with one attached hydrogen (secondary N) is 1. The van der Waals surface area contributed by atoms with E-state index in [2.05, 4.69) is 15.5 Å². The monoisotopic (exact) mass is 325 g/mol. The molecule has 3 N–H and O–H groups in total. The number of benzene rings is 1. The topological polar surface area (TPSA) is 85.8 Å². The van der Waals surface area contributed by atoms with Gasteiger partial charge in [-0.15, -0.1) is 10.2 Å². The molecule has 1 heterocycles. The lowest BCUT2D eigenvalue weighted by Crippen LogP contribution is -2.24. The van der Waals surface area contributed by atoms with Crippen molar-refractivity contribution in [3.05, 3.63) is 40.7 Å². The van der Waals surface area contributed by atoms with E-state index in [1.54, 1.807) is 16.7 Å². The van der Waals surface area contributed by atoms with Gasteiger partial charge >= 0.3 is 0 Å². The van der Waals surface area contributed by atoms with Crippen LogP contribution in [0.5, 0.6) is 0 Å². The summed E-state index contributed by atoms with van der Waals surface area (Å²) in [5, 5.41) is 12.1. The Labute approximate surface area is 132 Å². The molecule has 0 atom stereocenters. The van der Waals surface area contributed by atoms with Crippen LogP contribution in [-0.4, -0.2) is 26.4 Å². The first-order valence-corrected chi connectivity index (χ1v) is 7.68. The molecule has 0 saturated heterocycles. The van der Waals surface area contributed by atoms with Crippen LogP contribution in [0.4, 0.5) is 0 Å². The van der Waals surface area contributed by atoms with Crippen molar-refractivity contribution in [3.8, 4) is 0 Å². The van der Waals surface area contributed by atoms with Gasteiger partial charge in [-0.25, -0.2) is 0 Å². The molecule has 0 saturated carbocycles. The maximum Gasteiger partial charge on any atom is 0.230 e. The van der Waals surface area contributed by atoms with Gasteiger partial charge in [0.05, 0.1) is 12.3 Å². The summed E-state index contributed by atoms with van der Waals surface area (Å²) < 4.78 is 1.79. The molecule has 1 amide bonds. The first-order valence-electron chi connectivity index (χ1n) is 6.32. The highest BCUT2D eigenvalue weighted by atomic mass is 35.5. The van der Waals surface area contributed by atoms with Crippen molar-refractivity contribution in [3.63, 3.8) is 0 Å². The van der Waals surface area contributed by atoms with Crippen molar-refractivity contribution in [2.24, 2.45) is 12.8 Å². The predicted molar refractivity (Wildman–Crippen MR) is 82.9 cm³/mol. The average Bonchev–Trinajstić information content (AvgIpc) is 2.85. The van der Waals surface area contributed by atoms with Crippen LogP contribution in [0.2, 0.25) is 5.02 Å². The zero-order valence-corrected chi connectivity index (χ0v) is 13.1. The predicted octanol–water partition coefficient (Wildman–Crippen LogP) is 1.34. The molecule has 2 aromatic rings. The summed E-state index contributed by atoms with van der Waals surface area (Å²) in [6, 6.07) is 7.36. The molecule has 112 valence electrons. The average molecular weight is 326 g/mol. The third kappa shape index (κ3) is 4.45. The number of rotatable bonds is 6. The van der Waals surface area contributed by atoms with E-state index in [-0.39, 0.29) is 11.7 Å².